The third kappa shape index (κ3) is 4.16. The zero-order valence-corrected chi connectivity index (χ0v) is 17.0. The molecule has 4 rings (SSSR count). The quantitative estimate of drug-likeness (QED) is 0.735. The molecule has 2 saturated carbocycles. The molecule has 1 aromatic carbocycles. The molecular formula is C23H34N2O2. The average Bonchev–Trinajstić information content (AvgIpc) is 3.43. The van der Waals surface area contributed by atoms with Gasteiger partial charge in [-0.3, -0.25) is 4.79 Å². The maximum absolute atomic E-state index is 13.3. The smallest absolute Gasteiger partial charge is 0.226 e. The molecule has 1 spiro atoms. The van der Waals surface area contributed by atoms with E-state index in [1.54, 1.807) is 7.11 Å². The molecule has 27 heavy (non-hydrogen) atoms. The summed E-state index contributed by atoms with van der Waals surface area (Å²) in [5.74, 6) is 2.33. The second-order valence-corrected chi connectivity index (χ2v) is 9.10. The zero-order valence-electron chi connectivity index (χ0n) is 17.0. The number of hydrogen-bond acceptors (Lipinski definition) is 3. The van der Waals surface area contributed by atoms with E-state index in [-0.39, 0.29) is 0 Å². The van der Waals surface area contributed by atoms with Crippen molar-refractivity contribution in [1.82, 2.24) is 9.80 Å². The SMILES string of the molecule is COc1ccc(CCN(CC2CCN(C)CC2)C(=O)C2CC23CCC3)cc1. The van der Waals surface area contributed by atoms with Crippen LogP contribution in [-0.4, -0.2) is 56.0 Å². The zero-order chi connectivity index (χ0) is 18.9. The second-order valence-electron chi connectivity index (χ2n) is 9.10. The number of ether oxygens (including phenoxy) is 1. The van der Waals surface area contributed by atoms with E-state index < -0.39 is 0 Å². The fourth-order valence-electron chi connectivity index (χ4n) is 5.00. The minimum Gasteiger partial charge on any atom is -0.497 e. The van der Waals surface area contributed by atoms with Gasteiger partial charge in [-0.25, -0.2) is 0 Å². The van der Waals surface area contributed by atoms with Crippen LogP contribution in [0.3, 0.4) is 0 Å². The Morgan fingerprint density at radius 2 is 1.93 bits per heavy atom. The molecule has 0 radical (unpaired) electrons. The van der Waals surface area contributed by atoms with Gasteiger partial charge in [-0.2, -0.15) is 0 Å². The third-order valence-electron chi connectivity index (χ3n) is 7.29. The molecule has 3 aliphatic rings. The van der Waals surface area contributed by atoms with Crippen LogP contribution in [0.4, 0.5) is 0 Å². The van der Waals surface area contributed by atoms with Gasteiger partial charge in [0.2, 0.25) is 5.91 Å². The number of piperidine rings is 1. The Labute approximate surface area is 163 Å². The van der Waals surface area contributed by atoms with Crippen molar-refractivity contribution in [3.05, 3.63) is 29.8 Å². The first-order valence-corrected chi connectivity index (χ1v) is 10.7. The van der Waals surface area contributed by atoms with Gasteiger partial charge in [0.25, 0.3) is 0 Å². The van der Waals surface area contributed by atoms with Crippen LogP contribution in [0.2, 0.25) is 0 Å². The van der Waals surface area contributed by atoms with E-state index in [1.807, 2.05) is 12.1 Å². The van der Waals surface area contributed by atoms with Crippen molar-refractivity contribution in [2.45, 2.75) is 44.9 Å². The monoisotopic (exact) mass is 370 g/mol. The number of carbonyl (C=O) groups is 1. The largest absolute Gasteiger partial charge is 0.497 e. The summed E-state index contributed by atoms with van der Waals surface area (Å²) in [5, 5.41) is 0. The summed E-state index contributed by atoms with van der Waals surface area (Å²) in [4.78, 5) is 17.9. The number of nitrogens with zero attached hydrogens (tertiary/aromatic N) is 2. The summed E-state index contributed by atoms with van der Waals surface area (Å²) in [6.45, 7) is 4.14. The Bertz CT molecular complexity index is 645. The molecule has 0 aromatic heterocycles. The molecule has 1 saturated heterocycles. The third-order valence-corrected chi connectivity index (χ3v) is 7.29. The summed E-state index contributed by atoms with van der Waals surface area (Å²) < 4.78 is 5.26. The molecule has 2 aliphatic carbocycles. The van der Waals surface area contributed by atoms with E-state index in [9.17, 15) is 4.79 Å². The predicted octanol–water partition coefficient (Wildman–Crippen LogP) is 3.60. The molecule has 3 fully saturated rings. The molecule has 1 heterocycles. The maximum atomic E-state index is 13.3. The Balaban J connectivity index is 1.38. The summed E-state index contributed by atoms with van der Waals surface area (Å²) in [7, 11) is 3.90. The molecule has 1 aliphatic heterocycles. The number of rotatable bonds is 7. The standard InChI is InChI=1S/C23H34N2O2/c1-24-13-8-19(9-14-24)17-25(22(26)21-16-23(21)11-3-12-23)15-10-18-4-6-20(27-2)7-5-18/h4-7,19,21H,3,8-17H2,1-2H3. The number of methoxy groups -OCH3 is 1. The molecule has 0 N–H and O–H groups in total. The lowest BCUT2D eigenvalue weighted by atomic mass is 9.79. The van der Waals surface area contributed by atoms with Crippen LogP contribution in [0, 0.1) is 17.3 Å². The van der Waals surface area contributed by atoms with Crippen molar-refractivity contribution >= 4 is 5.91 Å². The number of carbonyl (C=O) groups excluding carboxylic acids is 1. The van der Waals surface area contributed by atoms with Crippen molar-refractivity contribution in [1.29, 1.82) is 0 Å². The Kier molecular flexibility index (Phi) is 5.45. The first kappa shape index (κ1) is 18.8. The lowest BCUT2D eigenvalue weighted by Crippen LogP contribution is -2.42. The van der Waals surface area contributed by atoms with Crippen LogP contribution in [-0.2, 0) is 11.2 Å². The van der Waals surface area contributed by atoms with Gasteiger partial charge in [0, 0.05) is 19.0 Å². The molecule has 4 nitrogen and oxygen atoms in total. The lowest BCUT2D eigenvalue weighted by molar-refractivity contribution is -0.134. The van der Waals surface area contributed by atoms with E-state index in [0.29, 0.717) is 23.2 Å². The molecule has 1 amide bonds. The predicted molar refractivity (Wildman–Crippen MR) is 108 cm³/mol. The van der Waals surface area contributed by atoms with Crippen molar-refractivity contribution < 1.29 is 9.53 Å². The van der Waals surface area contributed by atoms with E-state index in [2.05, 4.69) is 29.0 Å². The van der Waals surface area contributed by atoms with Crippen LogP contribution in [0.15, 0.2) is 24.3 Å². The highest BCUT2D eigenvalue weighted by Crippen LogP contribution is 2.65. The summed E-state index contributed by atoms with van der Waals surface area (Å²) >= 11 is 0. The molecule has 1 unspecified atom stereocenters. The van der Waals surface area contributed by atoms with Gasteiger partial charge in [0.15, 0.2) is 0 Å². The summed E-state index contributed by atoms with van der Waals surface area (Å²) in [5.41, 5.74) is 1.70. The number of amides is 1. The van der Waals surface area contributed by atoms with Crippen molar-refractivity contribution in [2.24, 2.45) is 17.3 Å². The molecule has 1 atom stereocenters. The van der Waals surface area contributed by atoms with E-state index in [4.69, 9.17) is 4.74 Å². The van der Waals surface area contributed by atoms with Gasteiger partial charge in [0.05, 0.1) is 7.11 Å². The van der Waals surface area contributed by atoms with Crippen LogP contribution in [0.5, 0.6) is 5.75 Å². The molecule has 1 aromatic rings. The second kappa shape index (κ2) is 7.83. The normalized spacial score (nSPS) is 24.4. The van der Waals surface area contributed by atoms with Crippen molar-refractivity contribution in [3.8, 4) is 5.75 Å². The van der Waals surface area contributed by atoms with Crippen LogP contribution in [0.25, 0.3) is 0 Å². The topological polar surface area (TPSA) is 32.8 Å². The Hall–Kier alpha value is -1.55. The van der Waals surface area contributed by atoms with Gasteiger partial charge in [-0.05, 0) is 87.7 Å². The van der Waals surface area contributed by atoms with Gasteiger partial charge >= 0.3 is 0 Å². The van der Waals surface area contributed by atoms with E-state index in [0.717, 1.165) is 31.7 Å². The van der Waals surface area contributed by atoms with Gasteiger partial charge in [-0.15, -0.1) is 0 Å². The highest BCUT2D eigenvalue weighted by Gasteiger charge is 2.61. The molecule has 148 valence electrons. The highest BCUT2D eigenvalue weighted by atomic mass is 16.5. The first-order chi connectivity index (χ1) is 13.1. The molecular weight excluding hydrogens is 336 g/mol. The fourth-order valence-corrected chi connectivity index (χ4v) is 5.00. The van der Waals surface area contributed by atoms with E-state index >= 15 is 0 Å². The van der Waals surface area contributed by atoms with Crippen molar-refractivity contribution in [3.63, 3.8) is 0 Å². The van der Waals surface area contributed by atoms with Gasteiger partial charge < -0.3 is 14.5 Å². The summed E-state index contributed by atoms with van der Waals surface area (Å²) in [6, 6.07) is 8.29. The minimum atomic E-state index is 0.327. The van der Waals surface area contributed by atoms with Gasteiger partial charge in [-0.1, -0.05) is 18.6 Å². The lowest BCUT2D eigenvalue weighted by Gasteiger charge is -2.34. The van der Waals surface area contributed by atoms with Crippen LogP contribution < -0.4 is 4.74 Å². The van der Waals surface area contributed by atoms with Crippen molar-refractivity contribution in [2.75, 3.05) is 40.3 Å². The van der Waals surface area contributed by atoms with Gasteiger partial charge in [0.1, 0.15) is 5.75 Å². The molecule has 0 bridgehead atoms. The number of likely N-dealkylation sites (tertiary alicyclic amines) is 1. The first-order valence-electron chi connectivity index (χ1n) is 10.7. The van der Waals surface area contributed by atoms with Crippen LogP contribution in [0.1, 0.15) is 44.1 Å². The average molecular weight is 371 g/mol. The fraction of sp³-hybridized carbons (Fsp3) is 0.696. The minimum absolute atomic E-state index is 0.327. The number of hydrogen-bond donors (Lipinski definition) is 0. The summed E-state index contributed by atoms with van der Waals surface area (Å²) in [6.07, 6.45) is 8.41. The molecule has 4 heteroatoms. The Morgan fingerprint density at radius 3 is 2.48 bits per heavy atom. The Morgan fingerprint density at radius 1 is 1.22 bits per heavy atom. The highest BCUT2D eigenvalue weighted by molar-refractivity contribution is 5.83. The number of benzene rings is 1. The van der Waals surface area contributed by atoms with Crippen LogP contribution >= 0.6 is 0 Å². The van der Waals surface area contributed by atoms with E-state index in [1.165, 1.54) is 50.8 Å². The maximum Gasteiger partial charge on any atom is 0.226 e.